The predicted octanol–water partition coefficient (Wildman–Crippen LogP) is 2.71. The maximum absolute atomic E-state index is 10.3. The van der Waals surface area contributed by atoms with E-state index >= 15 is 0 Å². The lowest BCUT2D eigenvalue weighted by molar-refractivity contribution is 0.0699. The molecule has 1 aromatic carbocycles. The van der Waals surface area contributed by atoms with Gasteiger partial charge in [0, 0.05) is 19.6 Å². The van der Waals surface area contributed by atoms with Crippen molar-refractivity contribution < 1.29 is 9.84 Å². The Bertz CT molecular complexity index is 380. The lowest BCUT2D eigenvalue weighted by atomic mass is 9.91. The van der Waals surface area contributed by atoms with Crippen LogP contribution in [0.3, 0.4) is 0 Å². The van der Waals surface area contributed by atoms with Crippen molar-refractivity contribution in [2.75, 3.05) is 26.7 Å². The molecule has 3 nitrogen and oxygen atoms in total. The summed E-state index contributed by atoms with van der Waals surface area (Å²) >= 11 is 0. The molecule has 1 aliphatic heterocycles. The van der Waals surface area contributed by atoms with Crippen LogP contribution in [-0.4, -0.2) is 36.8 Å². The van der Waals surface area contributed by atoms with Crippen LogP contribution in [0, 0.1) is 11.8 Å². The Morgan fingerprint density at radius 3 is 2.32 bits per heavy atom. The number of methoxy groups -OCH3 is 1. The molecule has 0 radical (unpaired) electrons. The van der Waals surface area contributed by atoms with Crippen LogP contribution in [0.2, 0.25) is 0 Å². The molecule has 0 amide bonds. The Hall–Kier alpha value is -1.06. The van der Waals surface area contributed by atoms with Crippen LogP contribution in [0.25, 0.3) is 0 Å². The average molecular weight is 263 g/mol. The van der Waals surface area contributed by atoms with Crippen LogP contribution in [0.15, 0.2) is 24.3 Å². The van der Waals surface area contributed by atoms with Gasteiger partial charge in [0.1, 0.15) is 5.75 Å². The van der Waals surface area contributed by atoms with Gasteiger partial charge in [0.05, 0.1) is 13.2 Å². The van der Waals surface area contributed by atoms with Gasteiger partial charge in [-0.2, -0.15) is 0 Å². The fraction of sp³-hybridized carbons (Fsp3) is 0.625. The zero-order valence-electron chi connectivity index (χ0n) is 12.2. The Morgan fingerprint density at radius 2 is 1.79 bits per heavy atom. The van der Waals surface area contributed by atoms with Crippen molar-refractivity contribution in [1.82, 2.24) is 4.90 Å². The molecule has 3 atom stereocenters. The van der Waals surface area contributed by atoms with Gasteiger partial charge >= 0.3 is 0 Å². The standard InChI is InChI=1S/C16H25NO2/c1-12-8-13(2)10-17(9-12)11-16(18)14-4-6-15(19-3)7-5-14/h4-7,12-13,16,18H,8-11H2,1-3H3. The summed E-state index contributed by atoms with van der Waals surface area (Å²) in [6.45, 7) is 7.50. The van der Waals surface area contributed by atoms with Crippen molar-refractivity contribution in [2.45, 2.75) is 26.4 Å². The smallest absolute Gasteiger partial charge is 0.118 e. The molecule has 0 aromatic heterocycles. The lowest BCUT2D eigenvalue weighted by Gasteiger charge is -2.36. The highest BCUT2D eigenvalue weighted by atomic mass is 16.5. The van der Waals surface area contributed by atoms with Crippen LogP contribution < -0.4 is 4.74 Å². The number of rotatable bonds is 4. The fourth-order valence-corrected chi connectivity index (χ4v) is 3.12. The first kappa shape index (κ1) is 14.4. The summed E-state index contributed by atoms with van der Waals surface area (Å²) in [5.41, 5.74) is 0.965. The SMILES string of the molecule is COc1ccc(C(O)CN2CC(C)CC(C)C2)cc1. The topological polar surface area (TPSA) is 32.7 Å². The van der Waals surface area contributed by atoms with Crippen molar-refractivity contribution >= 4 is 0 Å². The molecule has 0 bridgehead atoms. The van der Waals surface area contributed by atoms with Gasteiger partial charge in [-0.05, 0) is 36.0 Å². The summed E-state index contributed by atoms with van der Waals surface area (Å²) in [5.74, 6) is 2.29. The molecule has 1 aromatic rings. The minimum atomic E-state index is -0.414. The van der Waals surface area contributed by atoms with Crippen LogP contribution in [0.4, 0.5) is 0 Å². The quantitative estimate of drug-likeness (QED) is 0.906. The second-order valence-corrected chi connectivity index (χ2v) is 5.95. The first-order chi connectivity index (χ1) is 9.08. The molecule has 3 unspecified atom stereocenters. The summed E-state index contributed by atoms with van der Waals surface area (Å²) in [5, 5.41) is 10.3. The molecule has 0 aliphatic carbocycles. The Balaban J connectivity index is 1.93. The molecule has 0 saturated carbocycles. The summed E-state index contributed by atoms with van der Waals surface area (Å²) in [6.07, 6.45) is 0.887. The molecule has 1 N–H and O–H groups in total. The van der Waals surface area contributed by atoms with Gasteiger partial charge in [0.15, 0.2) is 0 Å². The number of piperidine rings is 1. The van der Waals surface area contributed by atoms with Crippen molar-refractivity contribution in [1.29, 1.82) is 0 Å². The number of aliphatic hydroxyl groups excluding tert-OH is 1. The number of β-amino-alcohol motifs (C(OH)–C–C–N with tert-alkyl or cyclic N) is 1. The number of hydrogen-bond donors (Lipinski definition) is 1. The van der Waals surface area contributed by atoms with Crippen LogP contribution in [-0.2, 0) is 0 Å². The van der Waals surface area contributed by atoms with Gasteiger partial charge in [-0.3, -0.25) is 4.90 Å². The van der Waals surface area contributed by atoms with E-state index in [-0.39, 0.29) is 0 Å². The van der Waals surface area contributed by atoms with Crippen molar-refractivity contribution in [2.24, 2.45) is 11.8 Å². The van der Waals surface area contributed by atoms with Gasteiger partial charge in [0.25, 0.3) is 0 Å². The van der Waals surface area contributed by atoms with Gasteiger partial charge in [-0.15, -0.1) is 0 Å². The largest absolute Gasteiger partial charge is 0.497 e. The number of aliphatic hydroxyl groups is 1. The molecule has 3 heteroatoms. The summed E-state index contributed by atoms with van der Waals surface area (Å²) in [7, 11) is 1.65. The molecule has 1 fully saturated rings. The van der Waals surface area contributed by atoms with E-state index in [4.69, 9.17) is 4.74 Å². The van der Waals surface area contributed by atoms with Gasteiger partial charge < -0.3 is 9.84 Å². The second-order valence-electron chi connectivity index (χ2n) is 5.95. The fourth-order valence-electron chi connectivity index (χ4n) is 3.12. The average Bonchev–Trinajstić information content (AvgIpc) is 2.37. The highest BCUT2D eigenvalue weighted by molar-refractivity contribution is 5.28. The predicted molar refractivity (Wildman–Crippen MR) is 77.3 cm³/mol. The zero-order chi connectivity index (χ0) is 13.8. The third-order valence-electron chi connectivity index (χ3n) is 3.88. The molecule has 1 heterocycles. The van der Waals surface area contributed by atoms with E-state index in [1.54, 1.807) is 7.11 Å². The Morgan fingerprint density at radius 1 is 1.21 bits per heavy atom. The number of hydrogen-bond acceptors (Lipinski definition) is 3. The highest BCUT2D eigenvalue weighted by Crippen LogP contribution is 2.24. The van der Waals surface area contributed by atoms with E-state index in [2.05, 4.69) is 18.7 Å². The zero-order valence-corrected chi connectivity index (χ0v) is 12.2. The molecule has 1 saturated heterocycles. The second kappa shape index (κ2) is 6.40. The Labute approximate surface area is 116 Å². The number of nitrogens with zero attached hydrogens (tertiary/aromatic N) is 1. The van der Waals surface area contributed by atoms with E-state index in [1.807, 2.05) is 24.3 Å². The van der Waals surface area contributed by atoms with Crippen molar-refractivity contribution in [3.8, 4) is 5.75 Å². The van der Waals surface area contributed by atoms with E-state index in [1.165, 1.54) is 6.42 Å². The maximum atomic E-state index is 10.3. The van der Waals surface area contributed by atoms with E-state index in [9.17, 15) is 5.11 Å². The molecule has 1 aliphatic rings. The van der Waals surface area contributed by atoms with Gasteiger partial charge in [-0.25, -0.2) is 0 Å². The third kappa shape index (κ3) is 3.95. The first-order valence-electron chi connectivity index (χ1n) is 7.13. The molecule has 19 heavy (non-hydrogen) atoms. The van der Waals surface area contributed by atoms with E-state index < -0.39 is 6.10 Å². The number of benzene rings is 1. The lowest BCUT2D eigenvalue weighted by Crippen LogP contribution is -2.40. The number of likely N-dealkylation sites (tertiary alicyclic amines) is 1. The van der Waals surface area contributed by atoms with Crippen molar-refractivity contribution in [3.05, 3.63) is 29.8 Å². The summed E-state index contributed by atoms with van der Waals surface area (Å²) in [4.78, 5) is 2.38. The maximum Gasteiger partial charge on any atom is 0.118 e. The molecule has 2 rings (SSSR count). The molecular formula is C16H25NO2. The minimum absolute atomic E-state index is 0.414. The first-order valence-corrected chi connectivity index (χ1v) is 7.13. The molecule has 0 spiro atoms. The van der Waals surface area contributed by atoms with Crippen LogP contribution >= 0.6 is 0 Å². The van der Waals surface area contributed by atoms with Gasteiger partial charge in [0.2, 0.25) is 0 Å². The summed E-state index contributed by atoms with van der Waals surface area (Å²) in [6, 6.07) is 7.70. The van der Waals surface area contributed by atoms with Crippen LogP contribution in [0.5, 0.6) is 5.75 Å². The highest BCUT2D eigenvalue weighted by Gasteiger charge is 2.23. The minimum Gasteiger partial charge on any atom is -0.497 e. The molecular weight excluding hydrogens is 238 g/mol. The van der Waals surface area contributed by atoms with E-state index in [0.717, 1.165) is 42.8 Å². The van der Waals surface area contributed by atoms with E-state index in [0.29, 0.717) is 0 Å². The van der Waals surface area contributed by atoms with Crippen LogP contribution in [0.1, 0.15) is 31.9 Å². The van der Waals surface area contributed by atoms with Crippen molar-refractivity contribution in [3.63, 3.8) is 0 Å². The molecule has 106 valence electrons. The summed E-state index contributed by atoms with van der Waals surface area (Å²) < 4.78 is 5.13. The third-order valence-corrected chi connectivity index (χ3v) is 3.88. The number of ether oxygens (including phenoxy) is 1. The monoisotopic (exact) mass is 263 g/mol. The Kier molecular flexibility index (Phi) is 4.83. The van der Waals surface area contributed by atoms with Gasteiger partial charge in [-0.1, -0.05) is 26.0 Å². The normalized spacial score (nSPS) is 26.1.